The summed E-state index contributed by atoms with van der Waals surface area (Å²) >= 11 is 0. The Bertz CT molecular complexity index is 674. The highest BCUT2D eigenvalue weighted by Gasteiger charge is 2.16. The average Bonchev–Trinajstić information content (AvgIpc) is 2.48. The fourth-order valence-corrected chi connectivity index (χ4v) is 1.78. The summed E-state index contributed by atoms with van der Waals surface area (Å²) in [6.07, 6.45) is 0. The van der Waals surface area contributed by atoms with Crippen LogP contribution in [0.5, 0.6) is 5.75 Å². The lowest BCUT2D eigenvalue weighted by molar-refractivity contribution is 0.0471. The summed E-state index contributed by atoms with van der Waals surface area (Å²) in [6, 6.07) is 8.44. The van der Waals surface area contributed by atoms with Crippen molar-refractivity contribution in [3.8, 4) is 5.75 Å². The SMILES string of the molecule is COc1ccccc1COC(=O)c1cc(F)c(F)cc1N. The normalized spacial score (nSPS) is 10.2. The number of ether oxygens (including phenoxy) is 2. The summed E-state index contributed by atoms with van der Waals surface area (Å²) in [6.45, 7) is -0.0682. The highest BCUT2D eigenvalue weighted by atomic mass is 19.2. The van der Waals surface area contributed by atoms with E-state index in [0.29, 0.717) is 11.3 Å². The first-order valence-electron chi connectivity index (χ1n) is 6.06. The predicted octanol–water partition coefficient (Wildman–Crippen LogP) is 2.91. The van der Waals surface area contributed by atoms with Crippen LogP contribution in [0, 0.1) is 11.6 Å². The molecule has 2 aromatic rings. The van der Waals surface area contributed by atoms with Crippen LogP contribution in [0.1, 0.15) is 15.9 Å². The van der Waals surface area contributed by atoms with Crippen molar-refractivity contribution in [1.29, 1.82) is 0 Å². The second kappa shape index (κ2) is 6.21. The molecule has 4 nitrogen and oxygen atoms in total. The smallest absolute Gasteiger partial charge is 0.340 e. The van der Waals surface area contributed by atoms with Gasteiger partial charge in [-0.1, -0.05) is 18.2 Å². The molecule has 0 saturated heterocycles. The van der Waals surface area contributed by atoms with Gasteiger partial charge in [-0.2, -0.15) is 0 Å². The van der Waals surface area contributed by atoms with Crippen LogP contribution in [-0.4, -0.2) is 13.1 Å². The molecule has 0 saturated carbocycles. The second-order valence-electron chi connectivity index (χ2n) is 4.24. The summed E-state index contributed by atoms with van der Waals surface area (Å²) in [7, 11) is 1.49. The number of carbonyl (C=O) groups is 1. The molecule has 0 aliphatic heterocycles. The van der Waals surface area contributed by atoms with Gasteiger partial charge in [-0.15, -0.1) is 0 Å². The lowest BCUT2D eigenvalue weighted by Gasteiger charge is -2.10. The number of hydrogen-bond acceptors (Lipinski definition) is 4. The minimum Gasteiger partial charge on any atom is -0.496 e. The number of hydrogen-bond donors (Lipinski definition) is 1. The molecule has 0 unspecified atom stereocenters. The fourth-order valence-electron chi connectivity index (χ4n) is 1.78. The van der Waals surface area contributed by atoms with Gasteiger partial charge in [-0.05, 0) is 12.1 Å². The van der Waals surface area contributed by atoms with Gasteiger partial charge in [0.05, 0.1) is 12.7 Å². The minimum atomic E-state index is -1.16. The number of esters is 1. The van der Waals surface area contributed by atoms with Crippen molar-refractivity contribution in [3.05, 3.63) is 59.2 Å². The van der Waals surface area contributed by atoms with Crippen LogP contribution in [0.15, 0.2) is 36.4 Å². The van der Waals surface area contributed by atoms with E-state index in [1.807, 2.05) is 0 Å². The maximum Gasteiger partial charge on any atom is 0.340 e. The standard InChI is InChI=1S/C15H13F2NO3/c1-20-14-5-3-2-4-9(14)8-21-15(19)10-6-11(16)12(17)7-13(10)18/h2-7H,8,18H2,1H3. The zero-order chi connectivity index (χ0) is 15.4. The van der Waals surface area contributed by atoms with Crippen molar-refractivity contribution in [1.82, 2.24) is 0 Å². The maximum absolute atomic E-state index is 13.1. The summed E-state index contributed by atoms with van der Waals surface area (Å²) in [5.74, 6) is -2.55. The van der Waals surface area contributed by atoms with Crippen molar-refractivity contribution >= 4 is 11.7 Å². The molecule has 6 heteroatoms. The Hall–Kier alpha value is -2.63. The zero-order valence-corrected chi connectivity index (χ0v) is 11.2. The summed E-state index contributed by atoms with van der Waals surface area (Å²) in [5, 5.41) is 0. The maximum atomic E-state index is 13.1. The summed E-state index contributed by atoms with van der Waals surface area (Å²) in [5.41, 5.74) is 5.73. The molecule has 0 aliphatic carbocycles. The van der Waals surface area contributed by atoms with E-state index in [4.69, 9.17) is 15.2 Å². The van der Waals surface area contributed by atoms with Gasteiger partial charge in [0, 0.05) is 17.3 Å². The van der Waals surface area contributed by atoms with Gasteiger partial charge < -0.3 is 15.2 Å². The Labute approximate surface area is 120 Å². The van der Waals surface area contributed by atoms with Crippen molar-refractivity contribution in [2.24, 2.45) is 0 Å². The lowest BCUT2D eigenvalue weighted by Crippen LogP contribution is -2.10. The molecule has 0 heterocycles. The molecule has 21 heavy (non-hydrogen) atoms. The van der Waals surface area contributed by atoms with Gasteiger partial charge in [0.2, 0.25) is 0 Å². The van der Waals surface area contributed by atoms with Crippen LogP contribution in [0.4, 0.5) is 14.5 Å². The first-order valence-corrected chi connectivity index (χ1v) is 6.06. The predicted molar refractivity (Wildman–Crippen MR) is 72.9 cm³/mol. The van der Waals surface area contributed by atoms with Crippen LogP contribution >= 0.6 is 0 Å². The van der Waals surface area contributed by atoms with E-state index in [0.717, 1.165) is 12.1 Å². The van der Waals surface area contributed by atoms with Gasteiger partial charge in [-0.25, -0.2) is 13.6 Å². The van der Waals surface area contributed by atoms with Crippen molar-refractivity contribution < 1.29 is 23.0 Å². The number of halogens is 2. The van der Waals surface area contributed by atoms with Gasteiger partial charge >= 0.3 is 5.97 Å². The third-order valence-electron chi connectivity index (χ3n) is 2.86. The first kappa shape index (κ1) is 14.8. The van der Waals surface area contributed by atoms with Crippen molar-refractivity contribution in [3.63, 3.8) is 0 Å². The molecule has 2 N–H and O–H groups in total. The number of para-hydroxylation sites is 1. The van der Waals surface area contributed by atoms with Gasteiger partial charge in [-0.3, -0.25) is 0 Å². The molecular weight excluding hydrogens is 280 g/mol. The number of anilines is 1. The molecule has 0 atom stereocenters. The number of benzene rings is 2. The number of nitrogens with two attached hydrogens (primary N) is 1. The molecule has 0 radical (unpaired) electrons. The van der Waals surface area contributed by atoms with Crippen molar-refractivity contribution in [2.45, 2.75) is 6.61 Å². The molecule has 0 bridgehead atoms. The highest BCUT2D eigenvalue weighted by Crippen LogP contribution is 2.21. The lowest BCUT2D eigenvalue weighted by atomic mass is 10.1. The minimum absolute atomic E-state index is 0.0682. The number of carbonyl (C=O) groups excluding carboxylic acids is 1. The van der Waals surface area contributed by atoms with E-state index in [9.17, 15) is 13.6 Å². The largest absolute Gasteiger partial charge is 0.496 e. The van der Waals surface area contributed by atoms with Crippen LogP contribution in [0.25, 0.3) is 0 Å². The Morgan fingerprint density at radius 2 is 1.86 bits per heavy atom. The topological polar surface area (TPSA) is 61.5 Å². The molecule has 0 aromatic heterocycles. The van der Waals surface area contributed by atoms with E-state index in [-0.39, 0.29) is 17.9 Å². The Morgan fingerprint density at radius 3 is 2.57 bits per heavy atom. The molecular formula is C15H13F2NO3. The number of rotatable bonds is 4. The zero-order valence-electron chi connectivity index (χ0n) is 11.2. The van der Waals surface area contributed by atoms with Gasteiger partial charge in [0.1, 0.15) is 12.4 Å². The third kappa shape index (κ3) is 3.28. The Balaban J connectivity index is 2.14. The molecule has 0 spiro atoms. The average molecular weight is 293 g/mol. The monoisotopic (exact) mass is 293 g/mol. The Kier molecular flexibility index (Phi) is 4.37. The number of nitrogen functional groups attached to an aromatic ring is 1. The van der Waals surface area contributed by atoms with Gasteiger partial charge in [0.25, 0.3) is 0 Å². The van der Waals surface area contributed by atoms with Gasteiger partial charge in [0.15, 0.2) is 11.6 Å². The van der Waals surface area contributed by atoms with Crippen LogP contribution in [0.3, 0.4) is 0 Å². The molecule has 0 amide bonds. The fraction of sp³-hybridized carbons (Fsp3) is 0.133. The van der Waals surface area contributed by atoms with Crippen LogP contribution < -0.4 is 10.5 Å². The molecule has 2 rings (SSSR count). The summed E-state index contributed by atoms with van der Waals surface area (Å²) in [4.78, 5) is 11.9. The van der Waals surface area contributed by atoms with E-state index in [2.05, 4.69) is 0 Å². The van der Waals surface area contributed by atoms with Crippen LogP contribution in [0.2, 0.25) is 0 Å². The molecule has 2 aromatic carbocycles. The number of methoxy groups -OCH3 is 1. The van der Waals surface area contributed by atoms with Crippen LogP contribution in [-0.2, 0) is 11.3 Å². The quantitative estimate of drug-likeness (QED) is 0.695. The van der Waals surface area contributed by atoms with E-state index < -0.39 is 17.6 Å². The molecule has 0 fully saturated rings. The molecule has 0 aliphatic rings. The Morgan fingerprint density at radius 1 is 1.19 bits per heavy atom. The van der Waals surface area contributed by atoms with E-state index in [1.165, 1.54) is 7.11 Å². The van der Waals surface area contributed by atoms with Crippen molar-refractivity contribution in [2.75, 3.05) is 12.8 Å². The second-order valence-corrected chi connectivity index (χ2v) is 4.24. The highest BCUT2D eigenvalue weighted by molar-refractivity contribution is 5.95. The third-order valence-corrected chi connectivity index (χ3v) is 2.86. The first-order chi connectivity index (χ1) is 10.0. The van der Waals surface area contributed by atoms with E-state index in [1.54, 1.807) is 24.3 Å². The molecule has 110 valence electrons. The van der Waals surface area contributed by atoms with E-state index >= 15 is 0 Å². The summed E-state index contributed by atoms with van der Waals surface area (Å²) < 4.78 is 36.3.